The van der Waals surface area contributed by atoms with Crippen LogP contribution >= 0.6 is 0 Å². The van der Waals surface area contributed by atoms with Gasteiger partial charge in [0.2, 0.25) is 0 Å². The van der Waals surface area contributed by atoms with Crippen molar-refractivity contribution in [2.45, 2.75) is 6.42 Å². The SMILES string of the molecule is NCCCOc1ccc([N+](=O)[O-])c2ncccc12. The van der Waals surface area contributed by atoms with Crippen LogP contribution in [0, 0.1) is 10.1 Å². The van der Waals surface area contributed by atoms with Crippen LogP contribution in [0.5, 0.6) is 5.75 Å². The Balaban J connectivity index is 2.44. The summed E-state index contributed by atoms with van der Waals surface area (Å²) in [5.41, 5.74) is 5.71. The van der Waals surface area contributed by atoms with E-state index >= 15 is 0 Å². The summed E-state index contributed by atoms with van der Waals surface area (Å²) in [5, 5.41) is 11.5. The van der Waals surface area contributed by atoms with Gasteiger partial charge in [0.15, 0.2) is 5.52 Å². The van der Waals surface area contributed by atoms with Crippen molar-refractivity contribution in [1.29, 1.82) is 0 Å². The van der Waals surface area contributed by atoms with Gasteiger partial charge in [0, 0.05) is 17.6 Å². The Labute approximate surface area is 104 Å². The molecule has 6 nitrogen and oxygen atoms in total. The van der Waals surface area contributed by atoms with Gasteiger partial charge in [-0.05, 0) is 31.2 Å². The molecule has 0 saturated carbocycles. The number of nitro benzene ring substituents is 1. The number of non-ortho nitro benzene ring substituents is 1. The minimum atomic E-state index is -0.445. The molecule has 0 radical (unpaired) electrons. The van der Waals surface area contributed by atoms with Gasteiger partial charge in [-0.15, -0.1) is 0 Å². The molecule has 0 aliphatic heterocycles. The third kappa shape index (κ3) is 2.38. The molecular weight excluding hydrogens is 234 g/mol. The molecule has 94 valence electrons. The van der Waals surface area contributed by atoms with Crippen molar-refractivity contribution in [3.05, 3.63) is 40.6 Å². The molecule has 0 atom stereocenters. The van der Waals surface area contributed by atoms with E-state index in [9.17, 15) is 10.1 Å². The lowest BCUT2D eigenvalue weighted by Gasteiger charge is -2.08. The fraction of sp³-hybridized carbons (Fsp3) is 0.250. The molecule has 0 spiro atoms. The van der Waals surface area contributed by atoms with Gasteiger partial charge in [0.25, 0.3) is 5.69 Å². The van der Waals surface area contributed by atoms with E-state index < -0.39 is 4.92 Å². The quantitative estimate of drug-likeness (QED) is 0.494. The van der Waals surface area contributed by atoms with Gasteiger partial charge in [0.05, 0.1) is 11.5 Å². The van der Waals surface area contributed by atoms with Crippen molar-refractivity contribution in [1.82, 2.24) is 4.98 Å². The van der Waals surface area contributed by atoms with E-state index in [4.69, 9.17) is 10.5 Å². The highest BCUT2D eigenvalue weighted by Crippen LogP contribution is 2.31. The number of pyridine rings is 1. The van der Waals surface area contributed by atoms with Crippen molar-refractivity contribution < 1.29 is 9.66 Å². The van der Waals surface area contributed by atoms with Gasteiger partial charge in [-0.25, -0.2) is 4.98 Å². The molecule has 0 saturated heterocycles. The molecule has 0 fully saturated rings. The average molecular weight is 247 g/mol. The fourth-order valence-electron chi connectivity index (χ4n) is 1.67. The Hall–Kier alpha value is -2.21. The van der Waals surface area contributed by atoms with Crippen molar-refractivity contribution in [2.24, 2.45) is 5.73 Å². The summed E-state index contributed by atoms with van der Waals surface area (Å²) in [6, 6.07) is 6.49. The number of hydrogen-bond acceptors (Lipinski definition) is 5. The second-order valence-electron chi connectivity index (χ2n) is 3.73. The molecule has 2 rings (SSSR count). The van der Waals surface area contributed by atoms with E-state index in [1.165, 1.54) is 12.3 Å². The Kier molecular flexibility index (Phi) is 3.69. The molecule has 6 heteroatoms. The third-order valence-corrected chi connectivity index (χ3v) is 2.51. The highest BCUT2D eigenvalue weighted by atomic mass is 16.6. The smallest absolute Gasteiger partial charge is 0.295 e. The summed E-state index contributed by atoms with van der Waals surface area (Å²) in [4.78, 5) is 14.5. The molecular formula is C12H13N3O3. The number of aromatic nitrogens is 1. The normalized spacial score (nSPS) is 10.5. The van der Waals surface area contributed by atoms with E-state index in [0.29, 0.717) is 29.8 Å². The molecule has 0 unspecified atom stereocenters. The number of benzene rings is 1. The second-order valence-corrected chi connectivity index (χ2v) is 3.73. The van der Waals surface area contributed by atoms with Crippen LogP contribution in [0.15, 0.2) is 30.5 Å². The number of fused-ring (bicyclic) bond motifs is 1. The zero-order valence-corrected chi connectivity index (χ0v) is 9.70. The van der Waals surface area contributed by atoms with Gasteiger partial charge in [-0.2, -0.15) is 0 Å². The number of nitro groups is 1. The molecule has 2 N–H and O–H groups in total. The minimum Gasteiger partial charge on any atom is -0.493 e. The van der Waals surface area contributed by atoms with Crippen LogP contribution in [-0.2, 0) is 0 Å². The standard InChI is InChI=1S/C12H13N3O3/c13-6-2-8-18-11-5-4-10(15(16)17)12-9(11)3-1-7-14-12/h1,3-5,7H,2,6,8,13H2. The number of nitrogens with zero attached hydrogens (tertiary/aromatic N) is 2. The lowest BCUT2D eigenvalue weighted by molar-refractivity contribution is -0.383. The Bertz CT molecular complexity index is 571. The maximum atomic E-state index is 10.9. The van der Waals surface area contributed by atoms with Crippen LogP contribution in [0.3, 0.4) is 0 Å². The first-order valence-electron chi connectivity index (χ1n) is 5.59. The first-order chi connectivity index (χ1) is 8.74. The second kappa shape index (κ2) is 5.42. The van der Waals surface area contributed by atoms with Crippen LogP contribution in [0.4, 0.5) is 5.69 Å². The number of ether oxygens (including phenoxy) is 1. The molecule has 18 heavy (non-hydrogen) atoms. The maximum Gasteiger partial charge on any atom is 0.295 e. The Morgan fingerprint density at radius 2 is 2.22 bits per heavy atom. The van der Waals surface area contributed by atoms with Crippen LogP contribution in [-0.4, -0.2) is 23.1 Å². The number of nitrogens with two attached hydrogens (primary N) is 1. The summed E-state index contributed by atoms with van der Waals surface area (Å²) in [5.74, 6) is 0.595. The summed E-state index contributed by atoms with van der Waals surface area (Å²) in [6.07, 6.45) is 2.26. The van der Waals surface area contributed by atoms with Crippen LogP contribution in [0.1, 0.15) is 6.42 Å². The summed E-state index contributed by atoms with van der Waals surface area (Å²) in [7, 11) is 0. The van der Waals surface area contributed by atoms with Crippen LogP contribution < -0.4 is 10.5 Å². The predicted octanol–water partition coefficient (Wildman–Crippen LogP) is 1.87. The monoisotopic (exact) mass is 247 g/mol. The van der Waals surface area contributed by atoms with E-state index in [1.54, 1.807) is 18.2 Å². The molecule has 1 aromatic heterocycles. The minimum absolute atomic E-state index is 0.0169. The van der Waals surface area contributed by atoms with Crippen LogP contribution in [0.2, 0.25) is 0 Å². The Morgan fingerprint density at radius 3 is 2.94 bits per heavy atom. The highest BCUT2D eigenvalue weighted by Gasteiger charge is 2.15. The van der Waals surface area contributed by atoms with Gasteiger partial charge >= 0.3 is 0 Å². The van der Waals surface area contributed by atoms with Crippen LogP contribution in [0.25, 0.3) is 10.9 Å². The zero-order valence-electron chi connectivity index (χ0n) is 9.70. The molecule has 0 amide bonds. The van der Waals surface area contributed by atoms with E-state index in [0.717, 1.165) is 6.42 Å². The van der Waals surface area contributed by atoms with Crippen molar-refractivity contribution in [3.63, 3.8) is 0 Å². The molecule has 0 aliphatic rings. The number of hydrogen-bond donors (Lipinski definition) is 1. The van der Waals surface area contributed by atoms with Gasteiger partial charge in [-0.1, -0.05) is 0 Å². The van der Waals surface area contributed by atoms with Gasteiger partial charge < -0.3 is 10.5 Å². The fourth-order valence-corrected chi connectivity index (χ4v) is 1.67. The molecule has 1 aromatic carbocycles. The van der Waals surface area contributed by atoms with E-state index in [-0.39, 0.29) is 5.69 Å². The molecule has 0 aliphatic carbocycles. The maximum absolute atomic E-state index is 10.9. The topological polar surface area (TPSA) is 91.3 Å². The lowest BCUT2D eigenvalue weighted by atomic mass is 10.1. The summed E-state index contributed by atoms with van der Waals surface area (Å²) < 4.78 is 5.55. The highest BCUT2D eigenvalue weighted by molar-refractivity contribution is 5.91. The van der Waals surface area contributed by atoms with Crippen molar-refractivity contribution in [3.8, 4) is 5.75 Å². The molecule has 0 bridgehead atoms. The third-order valence-electron chi connectivity index (χ3n) is 2.51. The summed E-state index contributed by atoms with van der Waals surface area (Å²) >= 11 is 0. The largest absolute Gasteiger partial charge is 0.493 e. The Morgan fingerprint density at radius 1 is 1.39 bits per heavy atom. The molecule has 2 aromatic rings. The van der Waals surface area contributed by atoms with Gasteiger partial charge in [0.1, 0.15) is 5.75 Å². The first kappa shape index (κ1) is 12.3. The predicted molar refractivity (Wildman–Crippen MR) is 67.6 cm³/mol. The first-order valence-corrected chi connectivity index (χ1v) is 5.59. The summed E-state index contributed by atoms with van der Waals surface area (Å²) in [6.45, 7) is 1.03. The van der Waals surface area contributed by atoms with Crippen molar-refractivity contribution >= 4 is 16.6 Å². The lowest BCUT2D eigenvalue weighted by Crippen LogP contribution is -2.06. The zero-order chi connectivity index (χ0) is 13.0. The molecule has 1 heterocycles. The number of rotatable bonds is 5. The van der Waals surface area contributed by atoms with E-state index in [2.05, 4.69) is 4.98 Å². The van der Waals surface area contributed by atoms with Crippen molar-refractivity contribution in [2.75, 3.05) is 13.2 Å². The van der Waals surface area contributed by atoms with Gasteiger partial charge in [-0.3, -0.25) is 10.1 Å². The average Bonchev–Trinajstić information content (AvgIpc) is 2.38. The van der Waals surface area contributed by atoms with E-state index in [1.807, 2.05) is 0 Å².